The van der Waals surface area contributed by atoms with Crippen molar-refractivity contribution < 1.29 is 9.53 Å². The predicted octanol–water partition coefficient (Wildman–Crippen LogP) is 4.29. The van der Waals surface area contributed by atoms with E-state index in [0.29, 0.717) is 18.1 Å². The molecule has 2 aromatic carbocycles. The quantitative estimate of drug-likeness (QED) is 0.863. The second-order valence-electron chi connectivity index (χ2n) is 5.21. The molecule has 0 fully saturated rings. The fourth-order valence-electron chi connectivity index (χ4n) is 2.14. The topological polar surface area (TPSA) is 38.3 Å². The molecule has 4 heteroatoms. The van der Waals surface area contributed by atoms with Crippen molar-refractivity contribution in [1.29, 1.82) is 0 Å². The van der Waals surface area contributed by atoms with Crippen LogP contribution in [0.2, 0.25) is 5.02 Å². The molecule has 1 atom stereocenters. The molecule has 1 unspecified atom stereocenters. The minimum absolute atomic E-state index is 0.0407. The van der Waals surface area contributed by atoms with Gasteiger partial charge in [0.25, 0.3) is 0 Å². The van der Waals surface area contributed by atoms with Gasteiger partial charge < -0.3 is 10.1 Å². The molecule has 3 nitrogen and oxygen atoms in total. The first-order valence-electron chi connectivity index (χ1n) is 7.29. The summed E-state index contributed by atoms with van der Waals surface area (Å²) in [6.45, 7) is 4.28. The SMILES string of the molecule is Cc1ccccc1OCCC(=O)NC(C)c1cccc(Cl)c1. The molecule has 0 aliphatic heterocycles. The molecular weight excluding hydrogens is 298 g/mol. The molecule has 116 valence electrons. The molecule has 2 rings (SSSR count). The maximum atomic E-state index is 12.0. The monoisotopic (exact) mass is 317 g/mol. The maximum Gasteiger partial charge on any atom is 0.223 e. The van der Waals surface area contributed by atoms with E-state index in [-0.39, 0.29) is 11.9 Å². The number of hydrogen-bond acceptors (Lipinski definition) is 2. The summed E-state index contributed by atoms with van der Waals surface area (Å²) < 4.78 is 5.63. The summed E-state index contributed by atoms with van der Waals surface area (Å²) in [6.07, 6.45) is 0.319. The van der Waals surface area contributed by atoms with E-state index in [0.717, 1.165) is 16.9 Å². The second kappa shape index (κ2) is 7.85. The zero-order valence-electron chi connectivity index (χ0n) is 12.8. The number of amides is 1. The van der Waals surface area contributed by atoms with E-state index < -0.39 is 0 Å². The van der Waals surface area contributed by atoms with Crippen molar-refractivity contribution in [1.82, 2.24) is 5.32 Å². The number of carbonyl (C=O) groups is 1. The minimum atomic E-state index is -0.0790. The Bertz CT molecular complexity index is 642. The van der Waals surface area contributed by atoms with Gasteiger partial charge in [-0.15, -0.1) is 0 Å². The van der Waals surface area contributed by atoms with Gasteiger partial charge in [0.15, 0.2) is 0 Å². The van der Waals surface area contributed by atoms with E-state index in [1.165, 1.54) is 0 Å². The predicted molar refractivity (Wildman–Crippen MR) is 89.3 cm³/mol. The number of halogens is 1. The summed E-state index contributed by atoms with van der Waals surface area (Å²) in [7, 11) is 0. The van der Waals surface area contributed by atoms with Gasteiger partial charge in [-0.05, 0) is 43.2 Å². The Morgan fingerprint density at radius 1 is 1.23 bits per heavy atom. The normalized spacial score (nSPS) is 11.8. The molecule has 0 aliphatic rings. The van der Waals surface area contributed by atoms with Crippen molar-refractivity contribution >= 4 is 17.5 Å². The van der Waals surface area contributed by atoms with E-state index in [1.807, 2.05) is 62.4 Å². The van der Waals surface area contributed by atoms with E-state index in [1.54, 1.807) is 0 Å². The largest absolute Gasteiger partial charge is 0.493 e. The van der Waals surface area contributed by atoms with Gasteiger partial charge in [-0.25, -0.2) is 0 Å². The van der Waals surface area contributed by atoms with Crippen LogP contribution in [0.5, 0.6) is 5.75 Å². The van der Waals surface area contributed by atoms with Crippen LogP contribution in [0.1, 0.15) is 30.5 Å². The Labute approximate surface area is 136 Å². The fraction of sp³-hybridized carbons (Fsp3) is 0.278. The van der Waals surface area contributed by atoms with Gasteiger partial charge in [0.2, 0.25) is 5.91 Å². The van der Waals surface area contributed by atoms with Crippen LogP contribution >= 0.6 is 11.6 Å². The van der Waals surface area contributed by atoms with Crippen LogP contribution < -0.4 is 10.1 Å². The van der Waals surface area contributed by atoms with Crippen molar-refractivity contribution in [2.75, 3.05) is 6.61 Å². The highest BCUT2D eigenvalue weighted by atomic mass is 35.5. The molecule has 0 saturated heterocycles. The molecule has 0 spiro atoms. The lowest BCUT2D eigenvalue weighted by molar-refractivity contribution is -0.122. The number of para-hydroxylation sites is 1. The second-order valence-corrected chi connectivity index (χ2v) is 5.64. The summed E-state index contributed by atoms with van der Waals surface area (Å²) in [5.41, 5.74) is 2.05. The highest BCUT2D eigenvalue weighted by Gasteiger charge is 2.10. The molecule has 0 heterocycles. The van der Waals surface area contributed by atoms with Crippen LogP contribution in [0, 0.1) is 6.92 Å². The van der Waals surface area contributed by atoms with E-state index >= 15 is 0 Å². The van der Waals surface area contributed by atoms with Gasteiger partial charge in [-0.2, -0.15) is 0 Å². The smallest absolute Gasteiger partial charge is 0.223 e. The Balaban J connectivity index is 1.79. The lowest BCUT2D eigenvalue weighted by Gasteiger charge is -2.15. The highest BCUT2D eigenvalue weighted by Crippen LogP contribution is 2.18. The number of rotatable bonds is 6. The number of carbonyl (C=O) groups excluding carboxylic acids is 1. The van der Waals surface area contributed by atoms with Crippen molar-refractivity contribution in [3.8, 4) is 5.75 Å². The summed E-state index contributed by atoms with van der Waals surface area (Å²) >= 11 is 5.96. The molecule has 1 N–H and O–H groups in total. The zero-order chi connectivity index (χ0) is 15.9. The van der Waals surface area contributed by atoms with Gasteiger partial charge in [0.1, 0.15) is 5.75 Å². The van der Waals surface area contributed by atoms with Gasteiger partial charge in [0.05, 0.1) is 19.1 Å². The first kappa shape index (κ1) is 16.4. The zero-order valence-corrected chi connectivity index (χ0v) is 13.6. The Morgan fingerprint density at radius 2 is 2.00 bits per heavy atom. The van der Waals surface area contributed by atoms with Crippen LogP contribution in [-0.2, 0) is 4.79 Å². The maximum absolute atomic E-state index is 12.0. The van der Waals surface area contributed by atoms with Gasteiger partial charge in [-0.3, -0.25) is 4.79 Å². The summed E-state index contributed by atoms with van der Waals surface area (Å²) in [5.74, 6) is 0.777. The minimum Gasteiger partial charge on any atom is -0.493 e. The molecule has 0 bridgehead atoms. The lowest BCUT2D eigenvalue weighted by atomic mass is 10.1. The molecule has 22 heavy (non-hydrogen) atoms. The van der Waals surface area contributed by atoms with Crippen LogP contribution in [0.4, 0.5) is 0 Å². The van der Waals surface area contributed by atoms with E-state index in [9.17, 15) is 4.79 Å². The summed E-state index contributed by atoms with van der Waals surface area (Å²) in [5, 5.41) is 3.61. The third-order valence-electron chi connectivity index (χ3n) is 3.41. The number of ether oxygens (including phenoxy) is 1. The molecule has 1 amide bonds. The van der Waals surface area contributed by atoms with Crippen LogP contribution in [-0.4, -0.2) is 12.5 Å². The highest BCUT2D eigenvalue weighted by molar-refractivity contribution is 6.30. The molecular formula is C18H20ClNO2. The average Bonchev–Trinajstić information content (AvgIpc) is 2.49. The van der Waals surface area contributed by atoms with Crippen LogP contribution in [0.25, 0.3) is 0 Å². The van der Waals surface area contributed by atoms with Crippen molar-refractivity contribution in [3.05, 3.63) is 64.7 Å². The molecule has 0 aliphatic carbocycles. The van der Waals surface area contributed by atoms with Crippen LogP contribution in [0.3, 0.4) is 0 Å². The third-order valence-corrected chi connectivity index (χ3v) is 3.64. The van der Waals surface area contributed by atoms with Gasteiger partial charge in [0, 0.05) is 5.02 Å². The van der Waals surface area contributed by atoms with E-state index in [2.05, 4.69) is 5.32 Å². The molecule has 0 radical (unpaired) electrons. The van der Waals surface area contributed by atoms with Gasteiger partial charge in [-0.1, -0.05) is 41.9 Å². The number of hydrogen-bond donors (Lipinski definition) is 1. The Kier molecular flexibility index (Phi) is 5.84. The van der Waals surface area contributed by atoms with Crippen molar-refractivity contribution in [3.63, 3.8) is 0 Å². The summed E-state index contributed by atoms with van der Waals surface area (Å²) in [4.78, 5) is 12.0. The van der Waals surface area contributed by atoms with Crippen molar-refractivity contribution in [2.45, 2.75) is 26.3 Å². The number of aryl methyl sites for hydroxylation is 1. The number of nitrogens with one attached hydrogen (secondary N) is 1. The van der Waals surface area contributed by atoms with Crippen LogP contribution in [0.15, 0.2) is 48.5 Å². The standard InChI is InChI=1S/C18H20ClNO2/c1-13-6-3-4-9-17(13)22-11-10-18(21)20-14(2)15-7-5-8-16(19)12-15/h3-9,12,14H,10-11H2,1-2H3,(H,20,21). The fourth-order valence-corrected chi connectivity index (χ4v) is 2.34. The number of benzene rings is 2. The average molecular weight is 318 g/mol. The first-order chi connectivity index (χ1) is 10.6. The molecule has 0 aromatic heterocycles. The summed E-state index contributed by atoms with van der Waals surface area (Å²) in [6, 6.07) is 15.2. The van der Waals surface area contributed by atoms with Crippen molar-refractivity contribution in [2.24, 2.45) is 0 Å². The molecule has 2 aromatic rings. The molecule has 0 saturated carbocycles. The Hall–Kier alpha value is -2.00. The van der Waals surface area contributed by atoms with E-state index in [4.69, 9.17) is 16.3 Å². The van der Waals surface area contributed by atoms with Gasteiger partial charge >= 0.3 is 0 Å². The Morgan fingerprint density at radius 3 is 2.73 bits per heavy atom. The first-order valence-corrected chi connectivity index (χ1v) is 7.67. The lowest BCUT2D eigenvalue weighted by Crippen LogP contribution is -2.27. The third kappa shape index (κ3) is 4.78.